The molecule has 2 aromatic carbocycles. The van der Waals surface area contributed by atoms with Crippen LogP contribution in [0.1, 0.15) is 18.4 Å². The van der Waals surface area contributed by atoms with Crippen molar-refractivity contribution in [2.45, 2.75) is 30.2 Å². The van der Waals surface area contributed by atoms with Crippen LogP contribution in [0.4, 0.5) is 18.9 Å². The first kappa shape index (κ1) is 23.2. The van der Waals surface area contributed by atoms with Crippen LogP contribution in [0.5, 0.6) is 5.75 Å². The van der Waals surface area contributed by atoms with Gasteiger partial charge in [-0.15, -0.1) is 10.2 Å². The van der Waals surface area contributed by atoms with E-state index in [0.29, 0.717) is 10.8 Å². The number of anilines is 1. The van der Waals surface area contributed by atoms with E-state index in [1.165, 1.54) is 6.07 Å². The van der Waals surface area contributed by atoms with Crippen molar-refractivity contribution in [2.24, 2.45) is 0 Å². The number of rotatable bonds is 7. The van der Waals surface area contributed by atoms with Crippen molar-refractivity contribution in [3.8, 4) is 5.75 Å². The van der Waals surface area contributed by atoms with Crippen LogP contribution in [0.25, 0.3) is 0 Å². The Morgan fingerprint density at radius 3 is 2.65 bits per heavy atom. The molecule has 12 heteroatoms. The summed E-state index contributed by atoms with van der Waals surface area (Å²) in [6.07, 6.45) is -4.63. The normalized spacial score (nSPS) is 12.5. The third-order valence-electron chi connectivity index (χ3n) is 3.82. The number of para-hydroxylation sites is 1. The summed E-state index contributed by atoms with van der Waals surface area (Å²) in [5.74, 6) is 0.0700. The summed E-state index contributed by atoms with van der Waals surface area (Å²) in [6.45, 7) is 1.52. The van der Waals surface area contributed by atoms with Gasteiger partial charge in [0.25, 0.3) is 11.1 Å². The van der Waals surface area contributed by atoms with Crippen molar-refractivity contribution in [2.75, 3.05) is 5.32 Å². The van der Waals surface area contributed by atoms with Crippen LogP contribution in [-0.2, 0) is 17.6 Å². The second-order valence-corrected chi connectivity index (χ2v) is 8.23. The van der Waals surface area contributed by atoms with E-state index in [1.54, 1.807) is 31.2 Å². The molecule has 31 heavy (non-hydrogen) atoms. The highest BCUT2D eigenvalue weighted by Crippen LogP contribution is 2.36. The molecule has 1 aromatic heterocycles. The average molecular weight is 492 g/mol. The highest BCUT2D eigenvalue weighted by molar-refractivity contribution is 8.00. The summed E-state index contributed by atoms with van der Waals surface area (Å²) in [7, 11) is 0. The molecule has 0 spiro atoms. The van der Waals surface area contributed by atoms with Gasteiger partial charge in [0, 0.05) is 5.69 Å². The van der Waals surface area contributed by atoms with Gasteiger partial charge in [-0.25, -0.2) is 0 Å². The Hall–Kier alpha value is -2.43. The van der Waals surface area contributed by atoms with E-state index in [-0.39, 0.29) is 23.4 Å². The number of carbonyl (C=O) groups is 1. The van der Waals surface area contributed by atoms with Gasteiger partial charge >= 0.3 is 6.18 Å². The van der Waals surface area contributed by atoms with Crippen LogP contribution < -0.4 is 10.1 Å². The number of carbonyl (C=O) groups excluding carboxylic acids is 1. The fraction of sp³-hybridized carbons (Fsp3) is 0.211. The van der Waals surface area contributed by atoms with Gasteiger partial charge < -0.3 is 14.5 Å². The van der Waals surface area contributed by atoms with Gasteiger partial charge in [0.15, 0.2) is 6.61 Å². The summed E-state index contributed by atoms with van der Waals surface area (Å²) in [5, 5.41) is 9.41. The molecule has 0 fully saturated rings. The van der Waals surface area contributed by atoms with Crippen molar-refractivity contribution in [3.63, 3.8) is 0 Å². The molecule has 0 aliphatic carbocycles. The van der Waals surface area contributed by atoms with E-state index in [1.807, 2.05) is 0 Å². The first-order valence-electron chi connectivity index (χ1n) is 8.67. The maximum atomic E-state index is 13.0. The number of hydrogen-bond donors (Lipinski definition) is 1. The van der Waals surface area contributed by atoms with Gasteiger partial charge in [-0.1, -0.05) is 47.1 Å². The lowest BCUT2D eigenvalue weighted by molar-refractivity contribution is -0.137. The number of benzene rings is 2. The molecule has 3 rings (SSSR count). The lowest BCUT2D eigenvalue weighted by Crippen LogP contribution is -2.22. The zero-order chi connectivity index (χ0) is 22.6. The summed E-state index contributed by atoms with van der Waals surface area (Å²) < 4.78 is 49.8. The predicted octanol–water partition coefficient (Wildman–Crippen LogP) is 6.09. The lowest BCUT2D eigenvalue weighted by atomic mass is 10.2. The third-order valence-corrected chi connectivity index (χ3v) is 5.40. The van der Waals surface area contributed by atoms with Gasteiger partial charge in [-0.05, 0) is 37.3 Å². The summed E-state index contributed by atoms with van der Waals surface area (Å²) >= 11 is 12.5. The van der Waals surface area contributed by atoms with Gasteiger partial charge in [0.2, 0.25) is 5.91 Å². The fourth-order valence-electron chi connectivity index (χ4n) is 2.31. The molecule has 0 aliphatic rings. The molecule has 0 saturated heterocycles. The molecular formula is C19H14Cl2F3N3O3S. The Labute approximate surface area is 189 Å². The molecular weight excluding hydrogens is 478 g/mol. The summed E-state index contributed by atoms with van der Waals surface area (Å²) in [5.41, 5.74) is -1.07. The van der Waals surface area contributed by atoms with Crippen molar-refractivity contribution in [1.82, 2.24) is 10.2 Å². The molecule has 1 unspecified atom stereocenters. The van der Waals surface area contributed by atoms with Crippen LogP contribution in [0.15, 0.2) is 52.1 Å². The van der Waals surface area contributed by atoms with E-state index >= 15 is 0 Å². The number of amides is 1. The summed E-state index contributed by atoms with van der Waals surface area (Å²) in [4.78, 5) is 12.3. The Balaban J connectivity index is 1.57. The monoisotopic (exact) mass is 491 g/mol. The Bertz CT molecular complexity index is 1080. The third kappa shape index (κ3) is 6.28. The molecule has 0 bridgehead atoms. The summed E-state index contributed by atoms with van der Waals surface area (Å²) in [6, 6.07) is 10.00. The standard InChI is InChI=1S/C19H14Cl2F3N3O3S/c1-10(17(28)25-11-6-7-13(20)12(8-11)19(22,23)24)31-18-27-26-16(30-18)9-29-15-5-3-2-4-14(15)21/h2-8,10H,9H2,1H3,(H,25,28). The van der Waals surface area contributed by atoms with E-state index in [4.69, 9.17) is 32.4 Å². The van der Waals surface area contributed by atoms with Gasteiger partial charge in [0.1, 0.15) is 5.75 Å². The molecule has 0 radical (unpaired) electrons. The molecule has 3 aromatic rings. The van der Waals surface area contributed by atoms with Crippen molar-refractivity contribution >= 4 is 46.6 Å². The van der Waals surface area contributed by atoms with E-state index < -0.39 is 27.9 Å². The van der Waals surface area contributed by atoms with Crippen LogP contribution >= 0.6 is 35.0 Å². The quantitative estimate of drug-likeness (QED) is 0.402. The zero-order valence-corrected chi connectivity index (χ0v) is 18.1. The first-order valence-corrected chi connectivity index (χ1v) is 10.3. The molecule has 6 nitrogen and oxygen atoms in total. The number of alkyl halides is 3. The molecule has 1 heterocycles. The number of halogens is 5. The van der Waals surface area contributed by atoms with Crippen molar-refractivity contribution in [1.29, 1.82) is 0 Å². The minimum atomic E-state index is -4.63. The molecule has 0 aliphatic heterocycles. The molecule has 1 atom stereocenters. The molecule has 0 saturated carbocycles. The van der Waals surface area contributed by atoms with Crippen LogP contribution in [-0.4, -0.2) is 21.4 Å². The maximum Gasteiger partial charge on any atom is 0.417 e. The zero-order valence-electron chi connectivity index (χ0n) is 15.7. The topological polar surface area (TPSA) is 77.2 Å². The van der Waals surface area contributed by atoms with Crippen molar-refractivity contribution < 1.29 is 27.1 Å². The SMILES string of the molecule is CC(Sc1nnc(COc2ccccc2Cl)o1)C(=O)Nc1ccc(Cl)c(C(F)(F)F)c1. The fourth-order valence-corrected chi connectivity index (χ4v) is 3.43. The highest BCUT2D eigenvalue weighted by Gasteiger charge is 2.33. The maximum absolute atomic E-state index is 13.0. The van der Waals surface area contributed by atoms with Gasteiger partial charge in [0.05, 0.1) is 20.9 Å². The number of thioether (sulfide) groups is 1. The van der Waals surface area contributed by atoms with Gasteiger partial charge in [-0.2, -0.15) is 13.2 Å². The number of aromatic nitrogens is 2. The van der Waals surface area contributed by atoms with Crippen molar-refractivity contribution in [3.05, 3.63) is 64.0 Å². The van der Waals surface area contributed by atoms with E-state index in [9.17, 15) is 18.0 Å². The number of ether oxygens (including phenoxy) is 1. The second-order valence-electron chi connectivity index (χ2n) is 6.12. The first-order chi connectivity index (χ1) is 14.6. The highest BCUT2D eigenvalue weighted by atomic mass is 35.5. The largest absolute Gasteiger partial charge is 0.482 e. The van der Waals surface area contributed by atoms with Gasteiger partial charge in [-0.3, -0.25) is 4.79 Å². The van der Waals surface area contributed by atoms with Crippen LogP contribution in [0.2, 0.25) is 10.0 Å². The Morgan fingerprint density at radius 2 is 1.94 bits per heavy atom. The van der Waals surface area contributed by atoms with Crippen LogP contribution in [0, 0.1) is 0 Å². The molecule has 164 valence electrons. The minimum absolute atomic E-state index is 0.0249. The Kier molecular flexibility index (Phi) is 7.34. The smallest absolute Gasteiger partial charge is 0.417 e. The molecule has 1 N–H and O–H groups in total. The van der Waals surface area contributed by atoms with E-state index in [2.05, 4.69) is 15.5 Å². The lowest BCUT2D eigenvalue weighted by Gasteiger charge is -2.13. The number of nitrogens with zero attached hydrogens (tertiary/aromatic N) is 2. The van der Waals surface area contributed by atoms with Crippen LogP contribution in [0.3, 0.4) is 0 Å². The predicted molar refractivity (Wildman–Crippen MR) is 110 cm³/mol. The average Bonchev–Trinajstić information content (AvgIpc) is 3.15. The molecule has 1 amide bonds. The van der Waals surface area contributed by atoms with E-state index in [0.717, 1.165) is 23.9 Å². The number of hydrogen-bond acceptors (Lipinski definition) is 6. The Morgan fingerprint density at radius 1 is 1.19 bits per heavy atom. The second kappa shape index (κ2) is 9.80. The number of nitrogens with one attached hydrogen (secondary N) is 1. The minimum Gasteiger partial charge on any atom is -0.482 e.